The van der Waals surface area contributed by atoms with E-state index in [0.29, 0.717) is 31.8 Å². The molecule has 6 heteroatoms. The lowest BCUT2D eigenvalue weighted by Gasteiger charge is -2.35. The number of nitrogens with one attached hydrogen (secondary N) is 1. The third-order valence-electron chi connectivity index (χ3n) is 4.44. The monoisotopic (exact) mass is 290 g/mol. The lowest BCUT2D eigenvalue weighted by atomic mass is 9.80. The summed E-state index contributed by atoms with van der Waals surface area (Å²) < 4.78 is 28.4. The zero-order valence-corrected chi connectivity index (χ0v) is 12.6. The van der Waals surface area contributed by atoms with Gasteiger partial charge < -0.3 is 5.11 Å². The molecule has 2 N–H and O–H groups in total. The molecule has 2 aliphatic rings. The van der Waals surface area contributed by atoms with Crippen LogP contribution in [0.5, 0.6) is 0 Å². The second kappa shape index (κ2) is 6.08. The lowest BCUT2D eigenvalue weighted by molar-refractivity contribution is -0.00214. The van der Waals surface area contributed by atoms with Crippen molar-refractivity contribution in [3.05, 3.63) is 0 Å². The average Bonchev–Trinajstić information content (AvgIpc) is 2.42. The van der Waals surface area contributed by atoms with Crippen molar-refractivity contribution in [1.82, 2.24) is 9.03 Å². The van der Waals surface area contributed by atoms with E-state index in [1.807, 2.05) is 0 Å². The van der Waals surface area contributed by atoms with Crippen LogP contribution in [0.2, 0.25) is 0 Å². The van der Waals surface area contributed by atoms with E-state index in [9.17, 15) is 13.5 Å². The standard InChI is InChI=1S/C13H26N2O3S/c1-12-5-7-13(16,8-6-12)11-14-19(17,18)15-9-3-2-4-10-15/h12,14,16H,2-11H2,1H3. The van der Waals surface area contributed by atoms with Crippen molar-refractivity contribution < 1.29 is 13.5 Å². The first-order valence-electron chi connectivity index (χ1n) is 7.38. The maximum Gasteiger partial charge on any atom is 0.279 e. The van der Waals surface area contributed by atoms with Gasteiger partial charge in [0.2, 0.25) is 0 Å². The van der Waals surface area contributed by atoms with E-state index in [4.69, 9.17) is 0 Å². The minimum atomic E-state index is -3.41. The number of rotatable bonds is 4. The molecule has 2 rings (SSSR count). The molecule has 0 atom stereocenters. The molecule has 0 spiro atoms. The highest BCUT2D eigenvalue weighted by Crippen LogP contribution is 2.31. The number of piperidine rings is 1. The largest absolute Gasteiger partial charge is 0.389 e. The van der Waals surface area contributed by atoms with Crippen LogP contribution in [0.15, 0.2) is 0 Å². The fourth-order valence-electron chi connectivity index (χ4n) is 2.90. The van der Waals surface area contributed by atoms with Gasteiger partial charge >= 0.3 is 0 Å². The Morgan fingerprint density at radius 2 is 1.79 bits per heavy atom. The third-order valence-corrected chi connectivity index (χ3v) is 6.00. The van der Waals surface area contributed by atoms with E-state index in [0.717, 1.165) is 32.1 Å². The number of nitrogens with zero attached hydrogens (tertiary/aromatic N) is 1. The number of hydrogen-bond donors (Lipinski definition) is 2. The van der Waals surface area contributed by atoms with Crippen molar-refractivity contribution in [3.8, 4) is 0 Å². The zero-order valence-electron chi connectivity index (χ0n) is 11.8. The summed E-state index contributed by atoms with van der Waals surface area (Å²) in [5.74, 6) is 0.638. The van der Waals surface area contributed by atoms with Gasteiger partial charge in [-0.25, -0.2) is 0 Å². The minimum Gasteiger partial charge on any atom is -0.389 e. The molecular formula is C13H26N2O3S. The van der Waals surface area contributed by atoms with Gasteiger partial charge in [-0.3, -0.25) is 0 Å². The topological polar surface area (TPSA) is 69.6 Å². The molecule has 1 aliphatic heterocycles. The van der Waals surface area contributed by atoms with Gasteiger partial charge in [0.05, 0.1) is 5.60 Å². The van der Waals surface area contributed by atoms with Gasteiger partial charge in [-0.2, -0.15) is 17.4 Å². The van der Waals surface area contributed by atoms with Crippen molar-refractivity contribution in [3.63, 3.8) is 0 Å². The van der Waals surface area contributed by atoms with Crippen molar-refractivity contribution in [2.45, 2.75) is 57.5 Å². The summed E-state index contributed by atoms with van der Waals surface area (Å²) in [6, 6.07) is 0. The Balaban J connectivity index is 1.86. The Hall–Kier alpha value is -0.170. The molecule has 1 heterocycles. The van der Waals surface area contributed by atoms with Gasteiger partial charge in [0.1, 0.15) is 0 Å². The van der Waals surface area contributed by atoms with E-state index in [1.165, 1.54) is 4.31 Å². The van der Waals surface area contributed by atoms with E-state index >= 15 is 0 Å². The van der Waals surface area contributed by atoms with Gasteiger partial charge in [-0.15, -0.1) is 0 Å². The molecular weight excluding hydrogens is 264 g/mol. The van der Waals surface area contributed by atoms with Crippen LogP contribution in [0.1, 0.15) is 51.9 Å². The van der Waals surface area contributed by atoms with Crippen LogP contribution in [-0.4, -0.2) is 43.1 Å². The van der Waals surface area contributed by atoms with E-state index in [1.54, 1.807) is 0 Å². The molecule has 0 amide bonds. The Morgan fingerprint density at radius 1 is 1.21 bits per heavy atom. The fraction of sp³-hybridized carbons (Fsp3) is 1.00. The quantitative estimate of drug-likeness (QED) is 0.818. The van der Waals surface area contributed by atoms with Crippen LogP contribution in [0.3, 0.4) is 0 Å². The van der Waals surface area contributed by atoms with Gasteiger partial charge in [-0.1, -0.05) is 13.3 Å². The molecule has 0 aromatic rings. The Labute approximate surface area is 116 Å². The highest BCUT2D eigenvalue weighted by atomic mass is 32.2. The summed E-state index contributed by atoms with van der Waals surface area (Å²) in [6.45, 7) is 3.53. The molecule has 0 aromatic heterocycles. The van der Waals surface area contributed by atoms with Crippen molar-refractivity contribution in [1.29, 1.82) is 0 Å². The summed E-state index contributed by atoms with van der Waals surface area (Å²) in [7, 11) is -3.41. The van der Waals surface area contributed by atoms with Crippen molar-refractivity contribution >= 4 is 10.2 Å². The van der Waals surface area contributed by atoms with E-state index < -0.39 is 15.8 Å². The maximum atomic E-state index is 12.1. The first kappa shape index (κ1) is 15.2. The molecule has 1 saturated heterocycles. The summed E-state index contributed by atoms with van der Waals surface area (Å²) >= 11 is 0. The van der Waals surface area contributed by atoms with Crippen LogP contribution in [-0.2, 0) is 10.2 Å². The highest BCUT2D eigenvalue weighted by Gasteiger charge is 2.34. The van der Waals surface area contributed by atoms with Crippen LogP contribution in [0.25, 0.3) is 0 Å². The Morgan fingerprint density at radius 3 is 2.37 bits per heavy atom. The second-order valence-electron chi connectivity index (χ2n) is 6.19. The summed E-state index contributed by atoms with van der Waals surface area (Å²) in [4.78, 5) is 0. The first-order chi connectivity index (χ1) is 8.91. The fourth-order valence-corrected chi connectivity index (χ4v) is 4.27. The third kappa shape index (κ3) is 4.15. The Bertz CT molecular complexity index is 383. The lowest BCUT2D eigenvalue weighted by Crippen LogP contribution is -2.50. The summed E-state index contributed by atoms with van der Waals surface area (Å²) in [5, 5.41) is 10.4. The average molecular weight is 290 g/mol. The molecule has 1 aliphatic carbocycles. The van der Waals surface area contributed by atoms with E-state index in [2.05, 4.69) is 11.6 Å². The summed E-state index contributed by atoms with van der Waals surface area (Å²) in [5.41, 5.74) is -0.852. The predicted octanol–water partition coefficient (Wildman–Crippen LogP) is 1.25. The van der Waals surface area contributed by atoms with Gasteiger partial charge in [0.25, 0.3) is 10.2 Å². The van der Waals surface area contributed by atoms with Gasteiger partial charge in [0.15, 0.2) is 0 Å². The smallest absolute Gasteiger partial charge is 0.279 e. The van der Waals surface area contributed by atoms with Gasteiger partial charge in [0, 0.05) is 19.6 Å². The normalized spacial score (nSPS) is 34.3. The van der Waals surface area contributed by atoms with Gasteiger partial charge in [-0.05, 0) is 44.4 Å². The molecule has 19 heavy (non-hydrogen) atoms. The molecule has 0 aromatic carbocycles. The highest BCUT2D eigenvalue weighted by molar-refractivity contribution is 7.87. The molecule has 2 fully saturated rings. The van der Waals surface area contributed by atoms with Crippen LogP contribution >= 0.6 is 0 Å². The SMILES string of the molecule is CC1CCC(O)(CNS(=O)(=O)N2CCCCC2)CC1. The van der Waals surface area contributed by atoms with Crippen molar-refractivity contribution in [2.24, 2.45) is 5.92 Å². The second-order valence-corrected chi connectivity index (χ2v) is 7.95. The van der Waals surface area contributed by atoms with Crippen molar-refractivity contribution in [2.75, 3.05) is 19.6 Å². The summed E-state index contributed by atoms with van der Waals surface area (Å²) in [6.07, 6.45) is 6.30. The molecule has 0 bridgehead atoms. The van der Waals surface area contributed by atoms with E-state index in [-0.39, 0.29) is 6.54 Å². The van der Waals surface area contributed by atoms with Crippen LogP contribution in [0, 0.1) is 5.92 Å². The molecule has 0 unspecified atom stereocenters. The maximum absolute atomic E-state index is 12.1. The minimum absolute atomic E-state index is 0.151. The molecule has 0 radical (unpaired) electrons. The van der Waals surface area contributed by atoms with Crippen LogP contribution in [0.4, 0.5) is 0 Å². The predicted molar refractivity (Wildman–Crippen MR) is 74.9 cm³/mol. The first-order valence-corrected chi connectivity index (χ1v) is 8.82. The number of aliphatic hydroxyl groups is 1. The molecule has 112 valence electrons. The molecule has 5 nitrogen and oxygen atoms in total. The zero-order chi connectivity index (χ0) is 13.9. The van der Waals surface area contributed by atoms with Crippen LogP contribution < -0.4 is 4.72 Å². The molecule has 1 saturated carbocycles. The number of hydrogen-bond acceptors (Lipinski definition) is 3. The Kier molecular flexibility index (Phi) is 4.87.